The number of hydrogen-bond donors (Lipinski definition) is 0. The first kappa shape index (κ1) is 5.56. The minimum absolute atomic E-state index is 1.17. The van der Waals surface area contributed by atoms with Gasteiger partial charge in [-0.05, 0) is 0 Å². The van der Waals surface area contributed by atoms with Gasteiger partial charge in [0.05, 0.1) is 0 Å². The minimum atomic E-state index is 1.17. The van der Waals surface area contributed by atoms with Crippen LogP contribution in [0.5, 0.6) is 0 Å². The molecule has 35 valence electrons. The number of nitrogens with zero attached hydrogens (tertiary/aromatic N) is 1. The zero-order valence-corrected chi connectivity index (χ0v) is 7.60. The van der Waals surface area contributed by atoms with Crippen molar-refractivity contribution in [3.8, 4) is 0 Å². The average molecular weight is 217 g/mol. The standard InChI is InChI=1S/C4H4NS.Sn/c1-4-5-2-3-6-4;/h3H,1H3;. The fourth-order valence-electron chi connectivity index (χ4n) is 0.363. The normalized spacial score (nSPS) is 9.43. The monoisotopic (exact) mass is 218 g/mol. The predicted molar refractivity (Wildman–Crippen MR) is 32.2 cm³/mol. The van der Waals surface area contributed by atoms with E-state index in [1.165, 1.54) is 31.2 Å². The third-order valence-corrected chi connectivity index (χ3v) is 2.72. The van der Waals surface area contributed by atoms with Crippen molar-refractivity contribution >= 4 is 37.6 Å². The van der Waals surface area contributed by atoms with Crippen LogP contribution in [0.2, 0.25) is 0 Å². The molecule has 1 aromatic rings. The molecular formula is C4H4NSSn. The van der Waals surface area contributed by atoms with Crippen LogP contribution in [-0.4, -0.2) is 27.5 Å². The van der Waals surface area contributed by atoms with Gasteiger partial charge >= 0.3 is 59.9 Å². The van der Waals surface area contributed by atoms with Crippen molar-refractivity contribution in [3.63, 3.8) is 0 Å². The second-order valence-corrected chi connectivity index (χ2v) is 3.78. The van der Waals surface area contributed by atoms with E-state index in [2.05, 4.69) is 10.4 Å². The summed E-state index contributed by atoms with van der Waals surface area (Å²) in [5, 5.41) is 3.26. The summed E-state index contributed by atoms with van der Waals surface area (Å²) >= 11 is 3.13. The molecule has 1 rings (SSSR count). The quantitative estimate of drug-likeness (QED) is 0.567. The van der Waals surface area contributed by atoms with Gasteiger partial charge in [-0.2, -0.15) is 0 Å². The molecule has 0 atom stereocenters. The van der Waals surface area contributed by atoms with Gasteiger partial charge in [-0.15, -0.1) is 0 Å². The van der Waals surface area contributed by atoms with Gasteiger partial charge in [0.15, 0.2) is 0 Å². The summed E-state index contributed by atoms with van der Waals surface area (Å²) in [5.74, 6) is 0. The van der Waals surface area contributed by atoms with E-state index in [0.29, 0.717) is 0 Å². The van der Waals surface area contributed by atoms with Gasteiger partial charge in [-0.3, -0.25) is 0 Å². The molecule has 3 radical (unpaired) electrons. The van der Waals surface area contributed by atoms with E-state index in [1.807, 2.05) is 6.92 Å². The molecule has 3 heteroatoms. The molecule has 1 nitrogen and oxygen atoms in total. The van der Waals surface area contributed by atoms with E-state index >= 15 is 0 Å². The maximum absolute atomic E-state index is 4.17. The summed E-state index contributed by atoms with van der Waals surface area (Å²) in [6.45, 7) is 2.03. The SMILES string of the molecule is Cc1n[c]([Sn])cs1. The third-order valence-electron chi connectivity index (χ3n) is 0.619. The molecule has 1 aromatic heterocycles. The topological polar surface area (TPSA) is 12.9 Å². The first-order valence-corrected chi connectivity index (χ1v) is 4.23. The van der Waals surface area contributed by atoms with Crippen LogP contribution in [0.15, 0.2) is 5.38 Å². The summed E-state index contributed by atoms with van der Waals surface area (Å²) in [5.41, 5.74) is 0. The Morgan fingerprint density at radius 2 is 2.57 bits per heavy atom. The van der Waals surface area contributed by atoms with Gasteiger partial charge in [-0.1, -0.05) is 0 Å². The van der Waals surface area contributed by atoms with Crippen molar-refractivity contribution in [2.45, 2.75) is 6.92 Å². The Morgan fingerprint density at radius 3 is 2.71 bits per heavy atom. The fraction of sp³-hybridized carbons (Fsp3) is 0.250. The van der Waals surface area contributed by atoms with Crippen molar-refractivity contribution in [1.82, 2.24) is 4.98 Å². The zero-order chi connectivity index (χ0) is 5.28. The summed E-state index contributed by atoms with van der Waals surface area (Å²) < 4.78 is 1.22. The molecule has 0 amide bonds. The Morgan fingerprint density at radius 1 is 1.86 bits per heavy atom. The molecule has 1 heterocycles. The molecule has 0 saturated heterocycles. The Bertz CT molecular complexity index is 144. The Balaban J connectivity index is 3.04. The molecule has 0 aliphatic rings. The number of hydrogen-bond acceptors (Lipinski definition) is 2. The van der Waals surface area contributed by atoms with E-state index < -0.39 is 0 Å². The second kappa shape index (κ2) is 2.13. The van der Waals surface area contributed by atoms with Crippen molar-refractivity contribution in [1.29, 1.82) is 0 Å². The molecule has 0 spiro atoms. The molecule has 0 aromatic carbocycles. The number of rotatable bonds is 0. The molecule has 0 unspecified atom stereocenters. The van der Waals surface area contributed by atoms with Crippen LogP contribution >= 0.6 is 11.3 Å². The van der Waals surface area contributed by atoms with Crippen molar-refractivity contribution in [3.05, 3.63) is 10.4 Å². The summed E-state index contributed by atoms with van der Waals surface area (Å²) in [4.78, 5) is 4.17. The van der Waals surface area contributed by atoms with E-state index in [1.54, 1.807) is 11.3 Å². The second-order valence-electron chi connectivity index (χ2n) is 1.25. The number of aromatic nitrogens is 1. The number of aryl methyl sites for hydroxylation is 1. The van der Waals surface area contributed by atoms with E-state index in [9.17, 15) is 0 Å². The summed E-state index contributed by atoms with van der Waals surface area (Å²) in [6, 6.07) is 0. The van der Waals surface area contributed by atoms with Crippen LogP contribution in [0.4, 0.5) is 0 Å². The molecule has 0 N–H and O–H groups in total. The van der Waals surface area contributed by atoms with Crippen LogP contribution in [0, 0.1) is 6.92 Å². The average Bonchev–Trinajstić information content (AvgIpc) is 1.87. The molecule has 0 aliphatic heterocycles. The van der Waals surface area contributed by atoms with Gasteiger partial charge in [-0.25, -0.2) is 0 Å². The van der Waals surface area contributed by atoms with Gasteiger partial charge in [0.1, 0.15) is 0 Å². The first-order valence-electron chi connectivity index (χ1n) is 1.93. The van der Waals surface area contributed by atoms with Gasteiger partial charge < -0.3 is 0 Å². The molecular weight excluding hydrogens is 213 g/mol. The zero-order valence-electron chi connectivity index (χ0n) is 3.93. The van der Waals surface area contributed by atoms with Crippen molar-refractivity contribution in [2.75, 3.05) is 0 Å². The third kappa shape index (κ3) is 1.42. The van der Waals surface area contributed by atoms with Crippen LogP contribution in [0.1, 0.15) is 5.01 Å². The van der Waals surface area contributed by atoms with Gasteiger partial charge in [0.25, 0.3) is 0 Å². The van der Waals surface area contributed by atoms with Gasteiger partial charge in [0.2, 0.25) is 0 Å². The maximum atomic E-state index is 4.17. The molecule has 0 bridgehead atoms. The summed E-state index contributed by atoms with van der Waals surface area (Å²) in [6.07, 6.45) is 0. The van der Waals surface area contributed by atoms with Crippen LogP contribution < -0.4 is 3.71 Å². The molecule has 0 saturated carbocycles. The number of thiazole rings is 1. The van der Waals surface area contributed by atoms with Gasteiger partial charge in [0, 0.05) is 0 Å². The molecule has 7 heavy (non-hydrogen) atoms. The van der Waals surface area contributed by atoms with Crippen LogP contribution in [0.3, 0.4) is 0 Å². The molecule has 0 fully saturated rings. The van der Waals surface area contributed by atoms with E-state index in [0.717, 1.165) is 0 Å². The van der Waals surface area contributed by atoms with Crippen molar-refractivity contribution in [2.24, 2.45) is 0 Å². The fourth-order valence-corrected chi connectivity index (χ4v) is 2.06. The Labute approximate surface area is 59.9 Å². The first-order chi connectivity index (χ1) is 3.29. The molecule has 0 aliphatic carbocycles. The predicted octanol–water partition coefficient (Wildman–Crippen LogP) is 0.245. The van der Waals surface area contributed by atoms with Crippen molar-refractivity contribution < 1.29 is 0 Å². The van der Waals surface area contributed by atoms with Crippen LogP contribution in [0.25, 0.3) is 0 Å². The van der Waals surface area contributed by atoms with Crippen LogP contribution in [-0.2, 0) is 0 Å². The Hall–Kier alpha value is 0.429. The van der Waals surface area contributed by atoms with E-state index in [-0.39, 0.29) is 0 Å². The Kier molecular flexibility index (Phi) is 1.69. The van der Waals surface area contributed by atoms with E-state index in [4.69, 9.17) is 0 Å². The summed E-state index contributed by atoms with van der Waals surface area (Å²) in [7, 11) is 0.